The molecule has 4 heteroatoms. The van der Waals surface area contributed by atoms with E-state index in [1.807, 2.05) is 0 Å². The zero-order valence-electron chi connectivity index (χ0n) is 20.5. The van der Waals surface area contributed by atoms with Crippen LogP contribution in [0.15, 0.2) is 0 Å². The Kier molecular flexibility index (Phi) is 41.3. The zero-order valence-corrected chi connectivity index (χ0v) is 22.0. The molecule has 0 aromatic heterocycles. The Labute approximate surface area is 192 Å². The average molecular weight is 444 g/mol. The van der Waals surface area contributed by atoms with Crippen LogP contribution < -0.4 is 34.6 Å². The summed E-state index contributed by atoms with van der Waals surface area (Å²) in [5.74, 6) is 0. The molecule has 0 amide bonds. The summed E-state index contributed by atoms with van der Waals surface area (Å²) in [6.07, 6.45) is 23.0. The molecule has 0 heterocycles. The van der Waals surface area contributed by atoms with Crippen molar-refractivity contribution >= 4 is 0 Å². The van der Waals surface area contributed by atoms with Crippen LogP contribution in [0.3, 0.4) is 0 Å². The first-order valence-electron chi connectivity index (χ1n) is 12.1. The van der Waals surface area contributed by atoms with Gasteiger partial charge in [-0.15, -0.1) is 0 Å². The van der Waals surface area contributed by atoms with Gasteiger partial charge in [0.1, 0.15) is 0 Å². The molecule has 176 valence electrons. The molecule has 0 rings (SSSR count). The van der Waals surface area contributed by atoms with Crippen LogP contribution in [-0.4, -0.2) is 41.3 Å². The second-order valence-electron chi connectivity index (χ2n) is 8.86. The minimum Gasteiger partial charge on any atom is -1.00 e. The minimum atomic E-state index is 0. The van der Waals surface area contributed by atoms with Crippen molar-refractivity contribution < 1.29 is 34.6 Å². The van der Waals surface area contributed by atoms with E-state index in [2.05, 4.69) is 42.0 Å². The fourth-order valence-corrected chi connectivity index (χ4v) is 3.22. The van der Waals surface area contributed by atoms with Crippen LogP contribution in [0.25, 0.3) is 0 Å². The molecule has 0 fully saturated rings. The van der Waals surface area contributed by atoms with Crippen molar-refractivity contribution in [2.24, 2.45) is 0 Å². The van der Waals surface area contributed by atoms with Crippen LogP contribution >= 0.6 is 0 Å². The highest BCUT2D eigenvalue weighted by Crippen LogP contribution is 2.08. The highest BCUT2D eigenvalue weighted by atomic mass is 35.5. The molecule has 0 saturated carbocycles. The number of rotatable bonds is 18. The smallest absolute Gasteiger partial charge is 0.0766 e. The first-order valence-corrected chi connectivity index (χ1v) is 12.1. The number of hydrogen-bond donors (Lipinski definition) is 2. The van der Waals surface area contributed by atoms with E-state index >= 15 is 0 Å². The number of nitrogens with one attached hydrogen (secondary N) is 2. The molecule has 0 aliphatic heterocycles. The number of quaternary nitrogens is 2. The summed E-state index contributed by atoms with van der Waals surface area (Å²) in [5, 5.41) is 0. The van der Waals surface area contributed by atoms with Crippen molar-refractivity contribution in [1.29, 1.82) is 0 Å². The van der Waals surface area contributed by atoms with Gasteiger partial charge in [0.15, 0.2) is 0 Å². The fraction of sp³-hybridized carbons (Fsp3) is 1.00. The molecule has 0 atom stereocenters. The van der Waals surface area contributed by atoms with Crippen LogP contribution in [0.5, 0.6) is 0 Å². The van der Waals surface area contributed by atoms with Gasteiger partial charge in [-0.1, -0.05) is 90.9 Å². The lowest BCUT2D eigenvalue weighted by molar-refractivity contribution is -0.858. The summed E-state index contributed by atoms with van der Waals surface area (Å²) < 4.78 is 0. The van der Waals surface area contributed by atoms with Crippen molar-refractivity contribution in [2.45, 2.75) is 117 Å². The zero-order chi connectivity index (χ0) is 19.9. The van der Waals surface area contributed by atoms with Crippen LogP contribution in [0.2, 0.25) is 0 Å². The van der Waals surface area contributed by atoms with E-state index in [-0.39, 0.29) is 24.8 Å². The molecule has 0 unspecified atom stereocenters. The fourth-order valence-electron chi connectivity index (χ4n) is 3.22. The molecular formula is C24H56Cl2N2. The normalized spacial score (nSPS) is 10.3. The van der Waals surface area contributed by atoms with Gasteiger partial charge < -0.3 is 34.6 Å². The van der Waals surface area contributed by atoms with Crippen molar-refractivity contribution in [1.82, 2.24) is 0 Å². The Morgan fingerprint density at radius 1 is 0.357 bits per heavy atom. The predicted molar refractivity (Wildman–Crippen MR) is 121 cm³/mol. The molecule has 0 aromatic carbocycles. The topological polar surface area (TPSA) is 8.88 Å². The number of hydrogen-bond acceptors (Lipinski definition) is 0. The summed E-state index contributed by atoms with van der Waals surface area (Å²) in [4.78, 5) is 3.18. The van der Waals surface area contributed by atoms with Crippen molar-refractivity contribution in [3.8, 4) is 0 Å². The Bertz CT molecular complexity index is 213. The molecule has 2 N–H and O–H groups in total. The maximum Gasteiger partial charge on any atom is 0.0766 e. The minimum absolute atomic E-state index is 0. The second-order valence-corrected chi connectivity index (χ2v) is 8.86. The molecule has 0 aliphatic carbocycles. The quantitative estimate of drug-likeness (QED) is 0.240. The van der Waals surface area contributed by atoms with Crippen molar-refractivity contribution in [3.63, 3.8) is 0 Å². The van der Waals surface area contributed by atoms with E-state index in [9.17, 15) is 0 Å². The van der Waals surface area contributed by atoms with Gasteiger partial charge in [0.2, 0.25) is 0 Å². The monoisotopic (exact) mass is 442 g/mol. The molecule has 0 spiro atoms. The lowest BCUT2D eigenvalue weighted by Gasteiger charge is -2.06. The molecule has 0 radical (unpaired) electrons. The SMILES string of the molecule is CCCCCCCCCC[NH+](C)C.CCCCCCCCCC[NH+](C)C.[Cl-].[Cl-]. The molecule has 0 saturated heterocycles. The third kappa shape index (κ3) is 41.0. The second kappa shape index (κ2) is 32.2. The Morgan fingerprint density at radius 3 is 0.786 bits per heavy atom. The first kappa shape index (κ1) is 35.9. The lowest BCUT2D eigenvalue weighted by atomic mass is 10.1. The third-order valence-electron chi connectivity index (χ3n) is 5.06. The highest BCUT2D eigenvalue weighted by Gasteiger charge is 1.95. The van der Waals surface area contributed by atoms with Crippen LogP contribution in [0.1, 0.15) is 117 Å². The lowest BCUT2D eigenvalue weighted by Crippen LogP contribution is -3.05. The Hall–Kier alpha value is 0.500. The summed E-state index contributed by atoms with van der Waals surface area (Å²) >= 11 is 0. The average Bonchev–Trinajstić information content (AvgIpc) is 2.60. The molecule has 28 heavy (non-hydrogen) atoms. The largest absolute Gasteiger partial charge is 1.00 e. The number of halogens is 2. The molecule has 0 aromatic rings. The molecule has 0 bridgehead atoms. The van der Waals surface area contributed by atoms with Crippen molar-refractivity contribution in [2.75, 3.05) is 41.3 Å². The van der Waals surface area contributed by atoms with Gasteiger partial charge in [-0.05, 0) is 25.7 Å². The van der Waals surface area contributed by atoms with Gasteiger partial charge in [-0.3, -0.25) is 0 Å². The summed E-state index contributed by atoms with van der Waals surface area (Å²) in [5.41, 5.74) is 0. The van der Waals surface area contributed by atoms with E-state index in [0.717, 1.165) is 0 Å². The maximum absolute atomic E-state index is 2.28. The molecule has 0 aliphatic rings. The van der Waals surface area contributed by atoms with Crippen LogP contribution in [0, 0.1) is 0 Å². The van der Waals surface area contributed by atoms with Gasteiger partial charge in [0, 0.05) is 0 Å². The van der Waals surface area contributed by atoms with E-state index < -0.39 is 0 Å². The highest BCUT2D eigenvalue weighted by molar-refractivity contribution is 4.45. The van der Waals surface area contributed by atoms with E-state index in [1.54, 1.807) is 9.80 Å². The van der Waals surface area contributed by atoms with Gasteiger partial charge in [-0.25, -0.2) is 0 Å². The van der Waals surface area contributed by atoms with Crippen LogP contribution in [0.4, 0.5) is 0 Å². The summed E-state index contributed by atoms with van der Waals surface area (Å²) in [7, 11) is 8.95. The standard InChI is InChI=1S/2C12H27N.2ClH/c2*1-4-5-6-7-8-9-10-11-12-13(2)3;;/h2*4-12H2,1-3H3;2*1H. The molecular weight excluding hydrogens is 387 g/mol. The van der Waals surface area contributed by atoms with Gasteiger partial charge in [-0.2, -0.15) is 0 Å². The van der Waals surface area contributed by atoms with Crippen LogP contribution in [-0.2, 0) is 0 Å². The van der Waals surface area contributed by atoms with Gasteiger partial charge in [0.05, 0.1) is 41.3 Å². The molecule has 2 nitrogen and oxygen atoms in total. The van der Waals surface area contributed by atoms with Gasteiger partial charge in [0.25, 0.3) is 0 Å². The summed E-state index contributed by atoms with van der Waals surface area (Å²) in [6, 6.07) is 0. The Morgan fingerprint density at radius 2 is 0.571 bits per heavy atom. The predicted octanol–water partition coefficient (Wildman–Crippen LogP) is -1.45. The van der Waals surface area contributed by atoms with E-state index in [1.165, 1.54) is 116 Å². The third-order valence-corrected chi connectivity index (χ3v) is 5.06. The number of unbranched alkanes of at least 4 members (excludes halogenated alkanes) is 14. The maximum atomic E-state index is 2.28. The Balaban J connectivity index is -0.000000192. The summed E-state index contributed by atoms with van der Waals surface area (Å²) in [6.45, 7) is 7.24. The van der Waals surface area contributed by atoms with Crippen molar-refractivity contribution in [3.05, 3.63) is 0 Å². The van der Waals surface area contributed by atoms with E-state index in [4.69, 9.17) is 0 Å². The first-order chi connectivity index (χ1) is 12.5. The van der Waals surface area contributed by atoms with E-state index in [0.29, 0.717) is 0 Å². The van der Waals surface area contributed by atoms with Gasteiger partial charge >= 0.3 is 0 Å².